The van der Waals surface area contributed by atoms with Crippen LogP contribution in [0.15, 0.2) is 24.3 Å². The summed E-state index contributed by atoms with van der Waals surface area (Å²) < 4.78 is 4.47. The van der Waals surface area contributed by atoms with Crippen LogP contribution in [-0.2, 0) is 20.7 Å². The molecule has 0 aromatic heterocycles. The SMILES string of the molecule is COC(=O)CCNC(=O)CCc1ccccc1N. The molecule has 0 unspecified atom stereocenters. The van der Waals surface area contributed by atoms with E-state index in [2.05, 4.69) is 10.1 Å². The number of anilines is 1. The lowest BCUT2D eigenvalue weighted by Gasteiger charge is -2.06. The van der Waals surface area contributed by atoms with Crippen LogP contribution in [0.3, 0.4) is 0 Å². The molecule has 0 saturated heterocycles. The molecular formula is C13H18N2O3. The van der Waals surface area contributed by atoms with E-state index < -0.39 is 0 Å². The molecule has 5 heteroatoms. The molecule has 0 spiro atoms. The van der Waals surface area contributed by atoms with Gasteiger partial charge in [0.1, 0.15) is 0 Å². The van der Waals surface area contributed by atoms with E-state index in [1.54, 1.807) is 0 Å². The first-order chi connectivity index (χ1) is 8.63. The number of amides is 1. The number of benzene rings is 1. The third-order valence-corrected chi connectivity index (χ3v) is 2.56. The number of carbonyl (C=O) groups excluding carboxylic acids is 2. The highest BCUT2D eigenvalue weighted by molar-refractivity contribution is 5.77. The van der Waals surface area contributed by atoms with E-state index >= 15 is 0 Å². The van der Waals surface area contributed by atoms with E-state index in [0.29, 0.717) is 25.1 Å². The molecule has 5 nitrogen and oxygen atoms in total. The molecule has 98 valence electrons. The van der Waals surface area contributed by atoms with Crippen LogP contribution >= 0.6 is 0 Å². The number of hydrogen-bond acceptors (Lipinski definition) is 4. The summed E-state index contributed by atoms with van der Waals surface area (Å²) in [4.78, 5) is 22.3. The zero-order valence-corrected chi connectivity index (χ0v) is 10.4. The maximum atomic E-state index is 11.5. The Kier molecular flexibility index (Phi) is 5.70. The molecule has 0 aliphatic rings. The molecule has 1 aromatic rings. The summed E-state index contributed by atoms with van der Waals surface area (Å²) in [6.07, 6.45) is 1.14. The van der Waals surface area contributed by atoms with E-state index in [1.165, 1.54) is 7.11 Å². The molecule has 0 atom stereocenters. The summed E-state index contributed by atoms with van der Waals surface area (Å²) >= 11 is 0. The van der Waals surface area contributed by atoms with Crippen molar-refractivity contribution >= 4 is 17.6 Å². The Hall–Kier alpha value is -2.04. The highest BCUT2D eigenvalue weighted by atomic mass is 16.5. The van der Waals surface area contributed by atoms with E-state index in [0.717, 1.165) is 5.56 Å². The number of rotatable bonds is 6. The summed E-state index contributed by atoms with van der Waals surface area (Å²) in [5.74, 6) is -0.426. The van der Waals surface area contributed by atoms with Gasteiger partial charge in [-0.25, -0.2) is 0 Å². The Bertz CT molecular complexity index is 418. The quantitative estimate of drug-likeness (QED) is 0.580. The first kappa shape index (κ1) is 14.0. The van der Waals surface area contributed by atoms with Gasteiger partial charge < -0.3 is 15.8 Å². The van der Waals surface area contributed by atoms with Crippen molar-refractivity contribution < 1.29 is 14.3 Å². The van der Waals surface area contributed by atoms with Crippen LogP contribution in [0.4, 0.5) is 5.69 Å². The van der Waals surface area contributed by atoms with Gasteiger partial charge in [0.15, 0.2) is 0 Å². The Morgan fingerprint density at radius 3 is 2.67 bits per heavy atom. The number of aryl methyl sites for hydroxylation is 1. The fraction of sp³-hybridized carbons (Fsp3) is 0.385. The van der Waals surface area contributed by atoms with Gasteiger partial charge in [0.05, 0.1) is 13.5 Å². The molecule has 0 saturated carbocycles. The van der Waals surface area contributed by atoms with Crippen molar-refractivity contribution in [3.8, 4) is 0 Å². The predicted octanol–water partition coefficient (Wildman–Crippen LogP) is 0.881. The van der Waals surface area contributed by atoms with Gasteiger partial charge in [-0.05, 0) is 18.1 Å². The zero-order valence-electron chi connectivity index (χ0n) is 10.4. The highest BCUT2D eigenvalue weighted by Gasteiger charge is 2.05. The summed E-state index contributed by atoms with van der Waals surface area (Å²) in [5, 5.41) is 2.66. The Balaban J connectivity index is 2.25. The van der Waals surface area contributed by atoms with Gasteiger partial charge in [-0.3, -0.25) is 9.59 Å². The standard InChI is InChI=1S/C13H18N2O3/c1-18-13(17)8-9-15-12(16)7-6-10-4-2-3-5-11(10)14/h2-5H,6-9,14H2,1H3,(H,15,16). The number of hydrogen-bond donors (Lipinski definition) is 2. The van der Waals surface area contributed by atoms with Gasteiger partial charge in [0.25, 0.3) is 0 Å². The monoisotopic (exact) mass is 250 g/mol. The smallest absolute Gasteiger partial charge is 0.307 e. The fourth-order valence-electron chi connectivity index (χ4n) is 1.50. The molecule has 0 bridgehead atoms. The molecule has 3 N–H and O–H groups in total. The van der Waals surface area contributed by atoms with Crippen LogP contribution in [0.5, 0.6) is 0 Å². The molecule has 1 aromatic carbocycles. The van der Waals surface area contributed by atoms with Gasteiger partial charge >= 0.3 is 5.97 Å². The second-order valence-electron chi connectivity index (χ2n) is 3.87. The van der Waals surface area contributed by atoms with Crippen molar-refractivity contribution in [3.05, 3.63) is 29.8 Å². The van der Waals surface area contributed by atoms with Crippen LogP contribution in [-0.4, -0.2) is 25.5 Å². The van der Waals surface area contributed by atoms with Gasteiger partial charge in [-0.1, -0.05) is 18.2 Å². The van der Waals surface area contributed by atoms with Crippen LogP contribution in [0.2, 0.25) is 0 Å². The minimum absolute atomic E-state index is 0.0952. The average Bonchev–Trinajstić information content (AvgIpc) is 2.37. The van der Waals surface area contributed by atoms with Crippen molar-refractivity contribution in [2.75, 3.05) is 19.4 Å². The predicted molar refractivity (Wildman–Crippen MR) is 68.8 cm³/mol. The zero-order chi connectivity index (χ0) is 13.4. The number of nitrogens with one attached hydrogen (secondary N) is 1. The third kappa shape index (κ3) is 4.86. The maximum Gasteiger partial charge on any atom is 0.307 e. The average molecular weight is 250 g/mol. The summed E-state index contributed by atoms with van der Waals surface area (Å²) in [5.41, 5.74) is 7.42. The summed E-state index contributed by atoms with van der Waals surface area (Å²) in [6, 6.07) is 7.46. The van der Waals surface area contributed by atoms with Crippen LogP contribution in [0.25, 0.3) is 0 Å². The molecule has 0 radical (unpaired) electrons. The minimum atomic E-state index is -0.331. The van der Waals surface area contributed by atoms with Crippen LogP contribution < -0.4 is 11.1 Å². The third-order valence-electron chi connectivity index (χ3n) is 2.56. The van der Waals surface area contributed by atoms with E-state index in [-0.39, 0.29) is 18.3 Å². The molecular weight excluding hydrogens is 232 g/mol. The molecule has 1 rings (SSSR count). The maximum absolute atomic E-state index is 11.5. The summed E-state index contributed by atoms with van der Waals surface area (Å²) in [7, 11) is 1.32. The number of para-hydroxylation sites is 1. The Morgan fingerprint density at radius 2 is 2.00 bits per heavy atom. The second-order valence-corrected chi connectivity index (χ2v) is 3.87. The van der Waals surface area contributed by atoms with E-state index in [1.807, 2.05) is 24.3 Å². The van der Waals surface area contributed by atoms with Gasteiger partial charge in [-0.15, -0.1) is 0 Å². The van der Waals surface area contributed by atoms with Crippen molar-refractivity contribution in [2.45, 2.75) is 19.3 Å². The number of esters is 1. The Labute approximate surface area is 106 Å². The summed E-state index contributed by atoms with van der Waals surface area (Å²) in [6.45, 7) is 0.301. The minimum Gasteiger partial charge on any atom is -0.469 e. The van der Waals surface area contributed by atoms with Crippen molar-refractivity contribution in [3.63, 3.8) is 0 Å². The highest BCUT2D eigenvalue weighted by Crippen LogP contribution is 2.12. The number of ether oxygens (including phenoxy) is 1. The lowest BCUT2D eigenvalue weighted by molar-refractivity contribution is -0.140. The van der Waals surface area contributed by atoms with Gasteiger partial charge in [0, 0.05) is 18.7 Å². The van der Waals surface area contributed by atoms with Gasteiger partial charge in [0.2, 0.25) is 5.91 Å². The number of methoxy groups -OCH3 is 1. The van der Waals surface area contributed by atoms with Crippen molar-refractivity contribution in [1.82, 2.24) is 5.32 Å². The first-order valence-corrected chi connectivity index (χ1v) is 5.80. The normalized spacial score (nSPS) is 9.83. The van der Waals surface area contributed by atoms with Crippen LogP contribution in [0.1, 0.15) is 18.4 Å². The molecule has 0 heterocycles. The lowest BCUT2D eigenvalue weighted by Crippen LogP contribution is -2.26. The number of nitrogens with two attached hydrogens (primary N) is 1. The first-order valence-electron chi connectivity index (χ1n) is 5.80. The van der Waals surface area contributed by atoms with E-state index in [4.69, 9.17) is 5.73 Å². The lowest BCUT2D eigenvalue weighted by atomic mass is 10.1. The van der Waals surface area contributed by atoms with Gasteiger partial charge in [-0.2, -0.15) is 0 Å². The van der Waals surface area contributed by atoms with Crippen molar-refractivity contribution in [2.24, 2.45) is 0 Å². The molecule has 1 amide bonds. The Morgan fingerprint density at radius 1 is 1.28 bits per heavy atom. The molecule has 0 aliphatic heterocycles. The molecule has 0 aliphatic carbocycles. The second kappa shape index (κ2) is 7.32. The van der Waals surface area contributed by atoms with Crippen LogP contribution in [0, 0.1) is 0 Å². The number of nitrogen functional groups attached to an aromatic ring is 1. The molecule has 18 heavy (non-hydrogen) atoms. The topological polar surface area (TPSA) is 81.4 Å². The largest absolute Gasteiger partial charge is 0.469 e. The fourth-order valence-corrected chi connectivity index (χ4v) is 1.50. The van der Waals surface area contributed by atoms with E-state index in [9.17, 15) is 9.59 Å². The molecule has 0 fully saturated rings. The van der Waals surface area contributed by atoms with Crippen molar-refractivity contribution in [1.29, 1.82) is 0 Å². The number of carbonyl (C=O) groups is 2.